The number of aromatic nitrogens is 3. The average molecular weight is 369 g/mol. The van der Waals surface area contributed by atoms with Crippen molar-refractivity contribution in [3.05, 3.63) is 57.9 Å². The summed E-state index contributed by atoms with van der Waals surface area (Å²) in [7, 11) is 4.32. The molecular formula is C19H19N3O5. The van der Waals surface area contributed by atoms with E-state index in [0.29, 0.717) is 33.7 Å². The van der Waals surface area contributed by atoms with Crippen molar-refractivity contribution in [1.29, 1.82) is 0 Å². The van der Waals surface area contributed by atoms with Gasteiger partial charge in [0.25, 0.3) is 5.56 Å². The third-order valence-corrected chi connectivity index (χ3v) is 4.25. The van der Waals surface area contributed by atoms with Crippen LogP contribution in [0.1, 0.15) is 21.9 Å². The number of ether oxygens (including phenoxy) is 3. The number of carbonyl (C=O) groups excluding carboxylic acids is 1. The Morgan fingerprint density at radius 1 is 1.15 bits per heavy atom. The van der Waals surface area contributed by atoms with Gasteiger partial charge in [0, 0.05) is 17.8 Å². The number of nitrogens with zero attached hydrogens (tertiary/aromatic N) is 3. The van der Waals surface area contributed by atoms with Gasteiger partial charge in [-0.05, 0) is 25.1 Å². The van der Waals surface area contributed by atoms with Gasteiger partial charge in [-0.2, -0.15) is 0 Å². The topological polar surface area (TPSA) is 92.5 Å². The summed E-state index contributed by atoms with van der Waals surface area (Å²) in [5.41, 5.74) is 1.27. The molecule has 2 aromatic heterocycles. The van der Waals surface area contributed by atoms with Crippen LogP contribution in [0.15, 0.2) is 35.3 Å². The molecule has 0 atom stereocenters. The van der Waals surface area contributed by atoms with Gasteiger partial charge >= 0.3 is 5.97 Å². The molecule has 3 rings (SSSR count). The molecule has 0 unspecified atom stereocenters. The molecule has 140 valence electrons. The third-order valence-electron chi connectivity index (χ3n) is 4.25. The standard InChI is InChI=1S/C19H19N3O5/c1-11-16-14(7-8-20-11)18(23)22(17(21-16)19(24)27-4)10-12-5-6-13(25-2)9-15(12)26-3/h5-9H,10H2,1-4H3. The highest BCUT2D eigenvalue weighted by Crippen LogP contribution is 2.25. The Morgan fingerprint density at radius 3 is 2.59 bits per heavy atom. The van der Waals surface area contributed by atoms with Crippen molar-refractivity contribution in [3.63, 3.8) is 0 Å². The molecule has 1 aromatic carbocycles. The SMILES string of the molecule is COC(=O)c1nc2c(C)nccc2c(=O)n1Cc1ccc(OC)cc1OC. The Hall–Kier alpha value is -3.42. The number of carbonyl (C=O) groups is 1. The second-order valence-electron chi connectivity index (χ2n) is 5.79. The lowest BCUT2D eigenvalue weighted by atomic mass is 10.1. The van der Waals surface area contributed by atoms with Crippen molar-refractivity contribution in [3.8, 4) is 11.5 Å². The monoisotopic (exact) mass is 369 g/mol. The summed E-state index contributed by atoms with van der Waals surface area (Å²) in [5.74, 6) is 0.353. The molecule has 0 saturated heterocycles. The Kier molecular flexibility index (Phi) is 5.07. The van der Waals surface area contributed by atoms with Gasteiger partial charge in [0.05, 0.1) is 44.5 Å². The zero-order valence-electron chi connectivity index (χ0n) is 15.5. The maximum Gasteiger partial charge on any atom is 0.374 e. The van der Waals surface area contributed by atoms with E-state index in [1.807, 2.05) is 0 Å². The predicted molar refractivity (Wildman–Crippen MR) is 98.5 cm³/mol. The van der Waals surface area contributed by atoms with E-state index in [9.17, 15) is 9.59 Å². The van der Waals surface area contributed by atoms with Crippen molar-refractivity contribution in [2.75, 3.05) is 21.3 Å². The van der Waals surface area contributed by atoms with Crippen LogP contribution in [0.2, 0.25) is 0 Å². The molecule has 0 amide bonds. The average Bonchev–Trinajstić information content (AvgIpc) is 2.69. The first-order valence-electron chi connectivity index (χ1n) is 8.15. The second-order valence-corrected chi connectivity index (χ2v) is 5.79. The number of methoxy groups -OCH3 is 3. The van der Waals surface area contributed by atoms with Gasteiger partial charge in [-0.1, -0.05) is 0 Å². The van der Waals surface area contributed by atoms with E-state index in [-0.39, 0.29) is 17.9 Å². The fraction of sp³-hybridized carbons (Fsp3) is 0.263. The largest absolute Gasteiger partial charge is 0.497 e. The first-order chi connectivity index (χ1) is 13.0. The summed E-state index contributed by atoms with van der Waals surface area (Å²) >= 11 is 0. The zero-order valence-corrected chi connectivity index (χ0v) is 15.5. The summed E-state index contributed by atoms with van der Waals surface area (Å²) in [6.45, 7) is 1.81. The Bertz CT molecular complexity index is 1070. The van der Waals surface area contributed by atoms with Crippen LogP contribution in [-0.4, -0.2) is 41.8 Å². The molecule has 8 nitrogen and oxygen atoms in total. The predicted octanol–water partition coefficient (Wildman–Crippen LogP) is 1.95. The molecular weight excluding hydrogens is 350 g/mol. The molecule has 0 saturated carbocycles. The van der Waals surface area contributed by atoms with Crippen LogP contribution in [0.4, 0.5) is 0 Å². The highest BCUT2D eigenvalue weighted by atomic mass is 16.5. The molecule has 0 aliphatic carbocycles. The first-order valence-corrected chi connectivity index (χ1v) is 8.15. The maximum absolute atomic E-state index is 13.1. The Morgan fingerprint density at radius 2 is 1.93 bits per heavy atom. The molecule has 0 spiro atoms. The molecule has 0 aliphatic heterocycles. The maximum atomic E-state index is 13.1. The van der Waals surface area contributed by atoms with Crippen molar-refractivity contribution >= 4 is 16.9 Å². The van der Waals surface area contributed by atoms with Crippen molar-refractivity contribution in [2.24, 2.45) is 0 Å². The lowest BCUT2D eigenvalue weighted by Crippen LogP contribution is -2.29. The van der Waals surface area contributed by atoms with E-state index in [2.05, 4.69) is 9.97 Å². The van der Waals surface area contributed by atoms with E-state index in [1.54, 1.807) is 38.3 Å². The van der Waals surface area contributed by atoms with Crippen molar-refractivity contribution in [1.82, 2.24) is 14.5 Å². The molecule has 8 heteroatoms. The Labute approximate surface area is 155 Å². The van der Waals surface area contributed by atoms with E-state index in [4.69, 9.17) is 14.2 Å². The van der Waals surface area contributed by atoms with Crippen LogP contribution in [-0.2, 0) is 11.3 Å². The van der Waals surface area contributed by atoms with Crippen LogP contribution in [0, 0.1) is 6.92 Å². The molecule has 0 fully saturated rings. The summed E-state index contributed by atoms with van der Waals surface area (Å²) in [4.78, 5) is 33.8. The molecule has 27 heavy (non-hydrogen) atoms. The van der Waals surface area contributed by atoms with Crippen LogP contribution in [0.25, 0.3) is 10.9 Å². The van der Waals surface area contributed by atoms with Gasteiger partial charge < -0.3 is 14.2 Å². The number of pyridine rings is 1. The fourth-order valence-electron chi connectivity index (χ4n) is 2.83. The van der Waals surface area contributed by atoms with E-state index < -0.39 is 5.97 Å². The van der Waals surface area contributed by atoms with Gasteiger partial charge in [-0.15, -0.1) is 0 Å². The minimum atomic E-state index is -0.704. The highest BCUT2D eigenvalue weighted by molar-refractivity contribution is 5.89. The van der Waals surface area contributed by atoms with Gasteiger partial charge in [-0.3, -0.25) is 14.3 Å². The van der Waals surface area contributed by atoms with Crippen LogP contribution >= 0.6 is 0 Å². The number of esters is 1. The fourth-order valence-corrected chi connectivity index (χ4v) is 2.83. The normalized spacial score (nSPS) is 10.7. The van der Waals surface area contributed by atoms with E-state index >= 15 is 0 Å². The number of benzene rings is 1. The quantitative estimate of drug-likeness (QED) is 0.635. The van der Waals surface area contributed by atoms with E-state index in [0.717, 1.165) is 0 Å². The molecule has 0 aliphatic rings. The van der Waals surface area contributed by atoms with Gasteiger partial charge in [0.15, 0.2) is 0 Å². The van der Waals surface area contributed by atoms with Crippen LogP contribution in [0.5, 0.6) is 11.5 Å². The van der Waals surface area contributed by atoms with E-state index in [1.165, 1.54) is 25.0 Å². The minimum absolute atomic E-state index is 0.0841. The third kappa shape index (κ3) is 3.33. The number of hydrogen-bond acceptors (Lipinski definition) is 7. The molecule has 2 heterocycles. The number of fused-ring (bicyclic) bond motifs is 1. The summed E-state index contributed by atoms with van der Waals surface area (Å²) < 4.78 is 16.7. The first kappa shape index (κ1) is 18.4. The molecule has 0 N–H and O–H groups in total. The number of aryl methyl sites for hydroxylation is 1. The molecule has 3 aromatic rings. The smallest absolute Gasteiger partial charge is 0.374 e. The van der Waals surface area contributed by atoms with Crippen molar-refractivity contribution < 1.29 is 19.0 Å². The number of rotatable bonds is 5. The molecule has 0 radical (unpaired) electrons. The summed E-state index contributed by atoms with van der Waals surface area (Å²) in [6, 6.07) is 6.82. The minimum Gasteiger partial charge on any atom is -0.497 e. The summed E-state index contributed by atoms with van der Waals surface area (Å²) in [5, 5.41) is 0.377. The second kappa shape index (κ2) is 7.45. The summed E-state index contributed by atoms with van der Waals surface area (Å²) in [6.07, 6.45) is 1.54. The van der Waals surface area contributed by atoms with Crippen molar-refractivity contribution in [2.45, 2.75) is 13.5 Å². The molecule has 0 bridgehead atoms. The Balaban J connectivity index is 2.23. The number of hydrogen-bond donors (Lipinski definition) is 0. The van der Waals surface area contributed by atoms with Crippen LogP contribution in [0.3, 0.4) is 0 Å². The van der Waals surface area contributed by atoms with Crippen LogP contribution < -0.4 is 15.0 Å². The van der Waals surface area contributed by atoms with Gasteiger partial charge in [0.2, 0.25) is 5.82 Å². The van der Waals surface area contributed by atoms with Gasteiger partial charge in [-0.25, -0.2) is 9.78 Å². The highest BCUT2D eigenvalue weighted by Gasteiger charge is 2.20. The lowest BCUT2D eigenvalue weighted by molar-refractivity contribution is 0.0580. The zero-order chi connectivity index (χ0) is 19.6. The lowest BCUT2D eigenvalue weighted by Gasteiger charge is -2.15. The van der Waals surface area contributed by atoms with Gasteiger partial charge in [0.1, 0.15) is 11.5 Å².